The van der Waals surface area contributed by atoms with Crippen molar-refractivity contribution in [2.45, 2.75) is 25.6 Å². The molecule has 164 valence electrons. The Kier molecular flexibility index (Phi) is 4.91. The average Bonchev–Trinajstić information content (AvgIpc) is 3.38. The van der Waals surface area contributed by atoms with Crippen LogP contribution in [0.1, 0.15) is 23.4 Å². The van der Waals surface area contributed by atoms with Crippen molar-refractivity contribution in [2.24, 2.45) is 0 Å². The van der Waals surface area contributed by atoms with Crippen molar-refractivity contribution in [3.63, 3.8) is 0 Å². The Morgan fingerprint density at radius 1 is 1.00 bits per heavy atom. The summed E-state index contributed by atoms with van der Waals surface area (Å²) < 4.78 is 62.9. The Labute approximate surface area is 180 Å². The van der Waals surface area contributed by atoms with E-state index in [1.165, 1.54) is 0 Å². The van der Waals surface area contributed by atoms with E-state index in [0.29, 0.717) is 43.0 Å². The monoisotopic (exact) mass is 443 g/mol. The molecule has 0 radical (unpaired) electrons. The number of hydrogen-bond donors (Lipinski definition) is 0. The molecule has 6 nitrogen and oxygen atoms in total. The van der Waals surface area contributed by atoms with Crippen LogP contribution in [0.3, 0.4) is 0 Å². The van der Waals surface area contributed by atoms with Crippen LogP contribution in [0.25, 0.3) is 17.2 Å². The lowest BCUT2D eigenvalue weighted by Gasteiger charge is -2.13. The summed E-state index contributed by atoms with van der Waals surface area (Å²) in [7, 11) is 0. The van der Waals surface area contributed by atoms with Crippen LogP contribution in [0.15, 0.2) is 54.6 Å². The van der Waals surface area contributed by atoms with Gasteiger partial charge >= 0.3 is 6.18 Å². The zero-order chi connectivity index (χ0) is 22.3. The minimum absolute atomic E-state index is 0.139. The van der Waals surface area contributed by atoms with Crippen molar-refractivity contribution >= 4 is 0 Å². The molecule has 0 fully saturated rings. The van der Waals surface area contributed by atoms with Gasteiger partial charge in [-0.25, -0.2) is 18.7 Å². The van der Waals surface area contributed by atoms with Crippen molar-refractivity contribution in [3.8, 4) is 23.1 Å². The summed E-state index contributed by atoms with van der Waals surface area (Å²) in [5.74, 6) is 0.139. The van der Waals surface area contributed by atoms with E-state index in [0.717, 1.165) is 28.8 Å². The fourth-order valence-corrected chi connectivity index (χ4v) is 3.57. The molecule has 0 unspecified atom stereocenters. The minimum Gasteiger partial charge on any atom is -0.478 e. The molecule has 5 rings (SSSR count). The number of ether oxygens (including phenoxy) is 1. The van der Waals surface area contributed by atoms with Gasteiger partial charge in [0.1, 0.15) is 17.2 Å². The highest BCUT2D eigenvalue weighted by Crippen LogP contribution is 2.33. The van der Waals surface area contributed by atoms with Gasteiger partial charge in [0.25, 0.3) is 0 Å². The first-order valence-corrected chi connectivity index (χ1v) is 9.96. The maximum absolute atomic E-state index is 14.7. The number of rotatable bonds is 4. The smallest absolute Gasteiger partial charge is 0.416 e. The first-order valence-electron chi connectivity index (χ1n) is 9.96. The third-order valence-corrected chi connectivity index (χ3v) is 5.09. The quantitative estimate of drug-likeness (QED) is 0.431. The van der Waals surface area contributed by atoms with Gasteiger partial charge in [-0.15, -0.1) is 0 Å². The Balaban J connectivity index is 1.65. The van der Waals surface area contributed by atoms with Crippen molar-refractivity contribution < 1.29 is 22.3 Å². The van der Waals surface area contributed by atoms with Gasteiger partial charge in [0.05, 0.1) is 12.2 Å². The Morgan fingerprint density at radius 3 is 2.56 bits per heavy atom. The van der Waals surface area contributed by atoms with Gasteiger partial charge in [-0.3, -0.25) is 0 Å². The molecule has 0 aliphatic carbocycles. The van der Waals surface area contributed by atoms with Crippen molar-refractivity contribution in [3.05, 3.63) is 77.4 Å². The van der Waals surface area contributed by atoms with Crippen LogP contribution < -0.4 is 4.74 Å². The maximum Gasteiger partial charge on any atom is 0.416 e. The second-order valence-corrected chi connectivity index (χ2v) is 7.38. The summed E-state index contributed by atoms with van der Waals surface area (Å²) in [5, 5.41) is 8.80. The highest BCUT2D eigenvalue weighted by atomic mass is 19.4. The van der Waals surface area contributed by atoms with Crippen LogP contribution in [0.2, 0.25) is 0 Å². The molecule has 1 aliphatic heterocycles. The van der Waals surface area contributed by atoms with Gasteiger partial charge < -0.3 is 4.74 Å². The maximum atomic E-state index is 14.7. The van der Waals surface area contributed by atoms with Crippen LogP contribution in [-0.4, -0.2) is 31.2 Å². The third kappa shape index (κ3) is 3.83. The number of benzene rings is 2. The largest absolute Gasteiger partial charge is 0.478 e. The molecule has 0 saturated carbocycles. The molecule has 0 bridgehead atoms. The summed E-state index contributed by atoms with van der Waals surface area (Å²) in [4.78, 5) is 4.50. The van der Waals surface area contributed by atoms with E-state index in [-0.39, 0.29) is 11.5 Å². The van der Waals surface area contributed by atoms with E-state index in [1.807, 2.05) is 30.3 Å². The van der Waals surface area contributed by atoms with E-state index in [1.54, 1.807) is 10.7 Å². The summed E-state index contributed by atoms with van der Waals surface area (Å²) in [5.41, 5.74) is -0.0836. The molecule has 0 N–H and O–H groups in total. The van der Waals surface area contributed by atoms with Crippen LogP contribution in [0, 0.1) is 5.82 Å². The molecule has 0 amide bonds. The van der Waals surface area contributed by atoms with Crippen LogP contribution in [0.4, 0.5) is 17.6 Å². The van der Waals surface area contributed by atoms with Gasteiger partial charge in [0.2, 0.25) is 5.88 Å². The van der Waals surface area contributed by atoms with E-state index in [9.17, 15) is 17.6 Å². The highest BCUT2D eigenvalue weighted by molar-refractivity contribution is 5.56. The summed E-state index contributed by atoms with van der Waals surface area (Å²) in [6, 6.07) is 13.2. The predicted molar refractivity (Wildman–Crippen MR) is 107 cm³/mol. The summed E-state index contributed by atoms with van der Waals surface area (Å²) >= 11 is 0. The Morgan fingerprint density at radius 2 is 1.81 bits per heavy atom. The molecule has 0 spiro atoms. The number of hydrogen-bond acceptors (Lipinski definition) is 4. The summed E-state index contributed by atoms with van der Waals surface area (Å²) in [6.07, 6.45) is -3.52. The topological polar surface area (TPSA) is 57.8 Å². The van der Waals surface area contributed by atoms with E-state index in [2.05, 4.69) is 15.2 Å². The van der Waals surface area contributed by atoms with Crippen LogP contribution in [-0.2, 0) is 19.1 Å². The zero-order valence-electron chi connectivity index (χ0n) is 16.7. The number of aromatic nitrogens is 5. The lowest BCUT2D eigenvalue weighted by Crippen LogP contribution is -2.14. The predicted octanol–water partition coefficient (Wildman–Crippen LogP) is 4.66. The number of halogens is 4. The van der Waals surface area contributed by atoms with Gasteiger partial charge in [-0.2, -0.15) is 23.4 Å². The number of aryl methyl sites for hydroxylation is 1. The number of alkyl halides is 3. The molecule has 0 atom stereocenters. The molecule has 10 heteroatoms. The van der Waals surface area contributed by atoms with Gasteiger partial charge in [-0.1, -0.05) is 30.3 Å². The zero-order valence-corrected chi connectivity index (χ0v) is 16.7. The lowest BCUT2D eigenvalue weighted by molar-refractivity contribution is -0.137. The molecule has 32 heavy (non-hydrogen) atoms. The average molecular weight is 443 g/mol. The van der Waals surface area contributed by atoms with E-state index in [4.69, 9.17) is 4.74 Å². The second kappa shape index (κ2) is 7.77. The first-order chi connectivity index (χ1) is 15.4. The van der Waals surface area contributed by atoms with E-state index >= 15 is 0 Å². The third-order valence-electron chi connectivity index (χ3n) is 5.09. The minimum atomic E-state index is -4.63. The Hall–Kier alpha value is -3.69. The van der Waals surface area contributed by atoms with Crippen molar-refractivity contribution in [2.75, 3.05) is 6.61 Å². The molecular formula is C22H17F4N5O. The fourth-order valence-electron chi connectivity index (χ4n) is 3.57. The number of nitrogens with zero attached hydrogens (tertiary/aromatic N) is 5. The molecule has 2 aromatic heterocycles. The van der Waals surface area contributed by atoms with Crippen molar-refractivity contribution in [1.29, 1.82) is 0 Å². The molecular weight excluding hydrogens is 426 g/mol. The molecule has 3 heterocycles. The highest BCUT2D eigenvalue weighted by Gasteiger charge is 2.32. The van der Waals surface area contributed by atoms with Crippen LogP contribution in [0.5, 0.6) is 5.88 Å². The number of fused-ring (bicyclic) bond motifs is 1. The normalized spacial score (nSPS) is 13.6. The second-order valence-electron chi connectivity index (χ2n) is 7.38. The van der Waals surface area contributed by atoms with E-state index < -0.39 is 17.6 Å². The standard InChI is InChI=1S/C22H17F4N5O/c23-16-8-7-15(22(24,25)26)12-18(16)31-21(17-13-20-30(28-17)9-4-10-32-20)27-19(29-31)11-14-5-2-1-3-6-14/h1-3,5-8,12-13H,4,9-11H2. The summed E-state index contributed by atoms with van der Waals surface area (Å²) in [6.45, 7) is 1.18. The lowest BCUT2D eigenvalue weighted by atomic mass is 10.1. The molecule has 4 aromatic rings. The molecule has 1 aliphatic rings. The van der Waals surface area contributed by atoms with Crippen molar-refractivity contribution in [1.82, 2.24) is 24.5 Å². The SMILES string of the molecule is Fc1ccc(C(F)(F)F)cc1-n1nc(Cc2ccccc2)nc1-c1cc2n(n1)CCCO2. The van der Waals surface area contributed by atoms with Crippen LogP contribution >= 0.6 is 0 Å². The van der Waals surface area contributed by atoms with Gasteiger partial charge in [0.15, 0.2) is 11.6 Å². The molecule has 0 saturated heterocycles. The molecule has 2 aromatic carbocycles. The first kappa shape index (κ1) is 20.2. The van der Waals surface area contributed by atoms with Gasteiger partial charge in [-0.05, 0) is 23.8 Å². The van der Waals surface area contributed by atoms with Gasteiger partial charge in [0, 0.05) is 25.5 Å². The Bertz CT molecular complexity index is 1240. The fraction of sp³-hybridized carbons (Fsp3) is 0.227.